The number of rotatable bonds is 6. The van der Waals surface area contributed by atoms with E-state index < -0.39 is 0 Å². The number of aliphatic imine (C=N–C) groups is 1. The zero-order chi connectivity index (χ0) is 18.4. The molecule has 2 aliphatic rings. The van der Waals surface area contributed by atoms with Gasteiger partial charge in [-0.05, 0) is 65.5 Å². The van der Waals surface area contributed by atoms with Crippen molar-refractivity contribution in [3.05, 3.63) is 29.5 Å². The molecule has 26 heavy (non-hydrogen) atoms. The van der Waals surface area contributed by atoms with Crippen LogP contribution in [0.1, 0.15) is 50.0 Å². The van der Waals surface area contributed by atoms with Gasteiger partial charge in [0.25, 0.3) is 0 Å². The smallest absolute Gasteiger partial charge is 0.208 e. The van der Waals surface area contributed by atoms with E-state index in [2.05, 4.69) is 39.6 Å². The molecule has 144 valence electrons. The average Bonchev–Trinajstić information content (AvgIpc) is 3.24. The molecule has 0 unspecified atom stereocenters. The molecule has 1 aliphatic heterocycles. The monoisotopic (exact) mass is 359 g/mol. The summed E-state index contributed by atoms with van der Waals surface area (Å²) in [6.45, 7) is 10.9. The summed E-state index contributed by atoms with van der Waals surface area (Å²) < 4.78 is 5.72. The number of hydrogen-bond acceptors (Lipinski definition) is 4. The van der Waals surface area contributed by atoms with Gasteiger partial charge in [0, 0.05) is 19.1 Å². The topological polar surface area (TPSA) is 65.7 Å². The number of oxazole rings is 1. The van der Waals surface area contributed by atoms with Crippen LogP contribution in [-0.2, 0) is 6.54 Å². The first-order valence-electron chi connectivity index (χ1n) is 9.99. The molecule has 1 saturated heterocycles. The lowest BCUT2D eigenvalue weighted by Gasteiger charge is -2.30. The Labute approximate surface area is 157 Å². The van der Waals surface area contributed by atoms with Crippen molar-refractivity contribution in [2.24, 2.45) is 10.9 Å². The number of piperidine rings is 1. The van der Waals surface area contributed by atoms with E-state index in [1.807, 2.05) is 13.8 Å². The van der Waals surface area contributed by atoms with E-state index in [1.165, 1.54) is 12.8 Å². The average molecular weight is 360 g/mol. The number of aryl methyl sites for hydroxylation is 2. The van der Waals surface area contributed by atoms with Crippen LogP contribution in [0.2, 0.25) is 0 Å². The molecular weight excluding hydrogens is 326 g/mol. The molecule has 3 rings (SSSR count). The number of nitrogens with one attached hydrogen (secondary N) is 2. The molecule has 6 heteroatoms. The Morgan fingerprint density at radius 3 is 2.62 bits per heavy atom. The Morgan fingerprint density at radius 1 is 1.27 bits per heavy atom. The molecule has 0 aromatic carbocycles. The van der Waals surface area contributed by atoms with E-state index in [0.29, 0.717) is 12.0 Å². The van der Waals surface area contributed by atoms with Crippen molar-refractivity contribution in [2.45, 2.75) is 59.0 Å². The van der Waals surface area contributed by atoms with Crippen LogP contribution in [0.5, 0.6) is 0 Å². The molecule has 1 aliphatic carbocycles. The fourth-order valence-electron chi connectivity index (χ4n) is 3.59. The predicted octanol–water partition coefficient (Wildman–Crippen LogP) is 2.78. The van der Waals surface area contributed by atoms with Gasteiger partial charge in [0.1, 0.15) is 5.76 Å². The van der Waals surface area contributed by atoms with Crippen LogP contribution in [0.25, 0.3) is 0 Å². The Bertz CT molecular complexity index is 601. The lowest BCUT2D eigenvalue weighted by atomic mass is 9.97. The number of aromatic nitrogens is 1. The molecule has 0 amide bonds. The Kier molecular flexibility index (Phi) is 6.72. The Hall–Kier alpha value is -1.82. The first-order chi connectivity index (χ1) is 12.6. The zero-order valence-corrected chi connectivity index (χ0v) is 16.4. The molecule has 0 bridgehead atoms. The summed E-state index contributed by atoms with van der Waals surface area (Å²) in [7, 11) is 0. The van der Waals surface area contributed by atoms with E-state index in [1.54, 1.807) is 0 Å². The number of nitrogens with zero attached hydrogens (tertiary/aromatic N) is 3. The van der Waals surface area contributed by atoms with E-state index in [-0.39, 0.29) is 0 Å². The molecule has 1 aromatic rings. The highest BCUT2D eigenvalue weighted by Crippen LogP contribution is 2.20. The van der Waals surface area contributed by atoms with Gasteiger partial charge in [-0.25, -0.2) is 4.98 Å². The standard InChI is InChI=1S/C20H33N5O/c1-4-21-20(24-18-7-5-6-8-18)22-13-17-9-11-25(12-10-17)14-19-23-15(2)16(3)26-19/h5-6,17-18H,4,7-14H2,1-3H3,(H2,21,22,24). The molecular formula is C20H33N5O. The first kappa shape index (κ1) is 19.0. The van der Waals surface area contributed by atoms with Gasteiger partial charge in [-0.15, -0.1) is 0 Å². The highest BCUT2D eigenvalue weighted by Gasteiger charge is 2.21. The normalized spacial score (nSPS) is 20.0. The van der Waals surface area contributed by atoms with Crippen molar-refractivity contribution in [3.63, 3.8) is 0 Å². The fraction of sp³-hybridized carbons (Fsp3) is 0.700. The van der Waals surface area contributed by atoms with Crippen molar-refractivity contribution in [1.29, 1.82) is 0 Å². The highest BCUT2D eigenvalue weighted by molar-refractivity contribution is 5.80. The summed E-state index contributed by atoms with van der Waals surface area (Å²) in [6, 6.07) is 0.502. The van der Waals surface area contributed by atoms with Gasteiger partial charge in [0.15, 0.2) is 5.96 Å². The van der Waals surface area contributed by atoms with Crippen LogP contribution in [0.3, 0.4) is 0 Å². The largest absolute Gasteiger partial charge is 0.444 e. The maximum Gasteiger partial charge on any atom is 0.208 e. The van der Waals surface area contributed by atoms with Gasteiger partial charge in [0.05, 0.1) is 12.2 Å². The van der Waals surface area contributed by atoms with Crippen LogP contribution in [0.4, 0.5) is 0 Å². The zero-order valence-electron chi connectivity index (χ0n) is 16.4. The minimum atomic E-state index is 0.502. The minimum absolute atomic E-state index is 0.502. The van der Waals surface area contributed by atoms with Crippen LogP contribution in [-0.4, -0.2) is 48.1 Å². The van der Waals surface area contributed by atoms with Gasteiger partial charge >= 0.3 is 0 Å². The third kappa shape index (κ3) is 5.34. The van der Waals surface area contributed by atoms with Gasteiger partial charge < -0.3 is 15.1 Å². The van der Waals surface area contributed by atoms with Crippen LogP contribution < -0.4 is 10.6 Å². The lowest BCUT2D eigenvalue weighted by Crippen LogP contribution is -2.43. The maximum absolute atomic E-state index is 5.72. The number of hydrogen-bond donors (Lipinski definition) is 2. The first-order valence-corrected chi connectivity index (χ1v) is 9.99. The van der Waals surface area contributed by atoms with Crippen molar-refractivity contribution in [3.8, 4) is 0 Å². The summed E-state index contributed by atoms with van der Waals surface area (Å²) >= 11 is 0. The third-order valence-corrected chi connectivity index (χ3v) is 5.34. The second-order valence-corrected chi connectivity index (χ2v) is 7.47. The van der Waals surface area contributed by atoms with E-state index >= 15 is 0 Å². The molecule has 0 spiro atoms. The summed E-state index contributed by atoms with van der Waals surface area (Å²) in [5.41, 5.74) is 1.00. The fourth-order valence-corrected chi connectivity index (χ4v) is 3.59. The summed E-state index contributed by atoms with van der Waals surface area (Å²) in [4.78, 5) is 11.8. The van der Waals surface area contributed by atoms with Gasteiger partial charge in [-0.1, -0.05) is 12.2 Å². The Morgan fingerprint density at radius 2 is 2.00 bits per heavy atom. The van der Waals surface area contributed by atoms with Crippen molar-refractivity contribution in [2.75, 3.05) is 26.2 Å². The van der Waals surface area contributed by atoms with Crippen molar-refractivity contribution >= 4 is 5.96 Å². The third-order valence-electron chi connectivity index (χ3n) is 5.34. The lowest BCUT2D eigenvalue weighted by molar-refractivity contribution is 0.166. The summed E-state index contributed by atoms with van der Waals surface area (Å²) in [5, 5.41) is 6.93. The molecule has 1 aromatic heterocycles. The SMILES string of the molecule is CCNC(=NCC1CCN(Cc2nc(C)c(C)o2)CC1)NC1CC=CC1. The highest BCUT2D eigenvalue weighted by atomic mass is 16.4. The van der Waals surface area contributed by atoms with Crippen LogP contribution in [0.15, 0.2) is 21.6 Å². The number of likely N-dealkylation sites (tertiary alicyclic amines) is 1. The van der Waals surface area contributed by atoms with E-state index in [9.17, 15) is 0 Å². The van der Waals surface area contributed by atoms with Crippen molar-refractivity contribution < 1.29 is 4.42 Å². The molecule has 6 nitrogen and oxygen atoms in total. The molecule has 0 radical (unpaired) electrons. The molecule has 0 atom stereocenters. The summed E-state index contributed by atoms with van der Waals surface area (Å²) in [5.74, 6) is 3.41. The molecule has 0 saturated carbocycles. The van der Waals surface area contributed by atoms with Gasteiger partial charge in [0.2, 0.25) is 5.89 Å². The molecule has 1 fully saturated rings. The number of guanidine groups is 1. The Balaban J connectivity index is 1.43. The predicted molar refractivity (Wildman–Crippen MR) is 105 cm³/mol. The van der Waals surface area contributed by atoms with Crippen LogP contribution >= 0.6 is 0 Å². The molecule has 2 N–H and O–H groups in total. The molecule has 2 heterocycles. The van der Waals surface area contributed by atoms with E-state index in [0.717, 1.165) is 68.9 Å². The minimum Gasteiger partial charge on any atom is -0.444 e. The maximum atomic E-state index is 5.72. The van der Waals surface area contributed by atoms with Gasteiger partial charge in [-0.3, -0.25) is 9.89 Å². The van der Waals surface area contributed by atoms with Crippen LogP contribution in [0, 0.1) is 19.8 Å². The summed E-state index contributed by atoms with van der Waals surface area (Å²) in [6.07, 6.45) is 9.06. The second kappa shape index (κ2) is 9.21. The quantitative estimate of drug-likeness (QED) is 0.464. The van der Waals surface area contributed by atoms with Gasteiger partial charge in [-0.2, -0.15) is 0 Å². The van der Waals surface area contributed by atoms with E-state index in [4.69, 9.17) is 9.41 Å². The second-order valence-electron chi connectivity index (χ2n) is 7.47. The van der Waals surface area contributed by atoms with Crippen molar-refractivity contribution in [1.82, 2.24) is 20.5 Å².